The third kappa shape index (κ3) is 4.01. The average Bonchev–Trinajstić information content (AvgIpc) is 2.41. The van der Waals surface area contributed by atoms with Crippen LogP contribution >= 0.6 is 7.60 Å². The van der Waals surface area contributed by atoms with E-state index in [1.807, 2.05) is 36.4 Å². The Morgan fingerprint density at radius 1 is 0.895 bits per heavy atom. The Morgan fingerprint density at radius 2 is 1.32 bits per heavy atom. The Bertz CT molecular complexity index is 521. The number of allylic oxidation sites excluding steroid dienone is 1. The van der Waals surface area contributed by atoms with Crippen molar-refractivity contribution in [1.82, 2.24) is 0 Å². The molecule has 19 heavy (non-hydrogen) atoms. The Morgan fingerprint density at radius 3 is 1.68 bits per heavy atom. The van der Waals surface area contributed by atoms with E-state index in [0.717, 1.165) is 0 Å². The van der Waals surface area contributed by atoms with E-state index in [-0.39, 0.29) is 6.16 Å². The van der Waals surface area contributed by atoms with Crippen LogP contribution in [0.3, 0.4) is 0 Å². The molecule has 4 heteroatoms. The van der Waals surface area contributed by atoms with Crippen molar-refractivity contribution in [3.05, 3.63) is 73.3 Å². The van der Waals surface area contributed by atoms with Crippen LogP contribution in [0.15, 0.2) is 73.3 Å². The van der Waals surface area contributed by atoms with E-state index in [9.17, 15) is 4.57 Å². The highest BCUT2D eigenvalue weighted by Gasteiger charge is 2.26. The highest BCUT2D eigenvalue weighted by Crippen LogP contribution is 2.48. The summed E-state index contributed by atoms with van der Waals surface area (Å²) in [5, 5.41) is 0. The molecule has 0 aromatic heterocycles. The van der Waals surface area contributed by atoms with E-state index in [1.165, 1.54) is 6.08 Å². The molecule has 3 nitrogen and oxygen atoms in total. The Hall–Kier alpha value is -1.99. The first kappa shape index (κ1) is 13.4. The first-order chi connectivity index (χ1) is 9.22. The van der Waals surface area contributed by atoms with Gasteiger partial charge in [0.1, 0.15) is 11.5 Å². The third-order valence-corrected chi connectivity index (χ3v) is 4.01. The summed E-state index contributed by atoms with van der Waals surface area (Å²) >= 11 is 0. The van der Waals surface area contributed by atoms with Crippen LogP contribution in [0, 0.1) is 0 Å². The minimum atomic E-state index is -3.28. The molecule has 0 radical (unpaired) electrons. The van der Waals surface area contributed by atoms with E-state index in [1.54, 1.807) is 24.3 Å². The largest absolute Gasteiger partial charge is 0.434 e. The van der Waals surface area contributed by atoms with Gasteiger partial charge in [0.05, 0.1) is 6.16 Å². The zero-order valence-corrected chi connectivity index (χ0v) is 11.3. The van der Waals surface area contributed by atoms with Gasteiger partial charge in [-0.3, -0.25) is 0 Å². The molecule has 2 aromatic rings. The standard InChI is InChI=1S/C15H15O3P/c1-2-13-19(16,17-14-9-5-3-6-10-14)18-15-11-7-4-8-12-15/h2-12H,1,13H2. The van der Waals surface area contributed by atoms with Crippen LogP contribution in [0.25, 0.3) is 0 Å². The molecule has 0 aliphatic heterocycles. The summed E-state index contributed by atoms with van der Waals surface area (Å²) in [6.45, 7) is 3.60. The molecule has 2 aromatic carbocycles. The fourth-order valence-electron chi connectivity index (χ4n) is 1.54. The van der Waals surface area contributed by atoms with Gasteiger partial charge in [-0.15, -0.1) is 6.58 Å². The quantitative estimate of drug-likeness (QED) is 0.573. The van der Waals surface area contributed by atoms with Crippen molar-refractivity contribution >= 4 is 7.60 Å². The molecule has 0 aliphatic carbocycles. The minimum Gasteiger partial charge on any atom is -0.416 e. The summed E-state index contributed by atoms with van der Waals surface area (Å²) in [6.07, 6.45) is 1.68. The Labute approximate surface area is 113 Å². The number of para-hydroxylation sites is 2. The van der Waals surface area contributed by atoms with Crippen LogP contribution in [-0.4, -0.2) is 6.16 Å². The zero-order chi connectivity index (χ0) is 13.6. The van der Waals surface area contributed by atoms with E-state index < -0.39 is 7.60 Å². The lowest BCUT2D eigenvalue weighted by Crippen LogP contribution is -2.03. The number of hydrogen-bond donors (Lipinski definition) is 0. The minimum absolute atomic E-state index is 0.150. The molecule has 0 saturated carbocycles. The lowest BCUT2D eigenvalue weighted by molar-refractivity contribution is 0.389. The maximum Gasteiger partial charge on any atom is 0.434 e. The predicted molar refractivity (Wildman–Crippen MR) is 76.8 cm³/mol. The fourth-order valence-corrected chi connectivity index (χ4v) is 2.92. The van der Waals surface area contributed by atoms with E-state index in [4.69, 9.17) is 9.05 Å². The van der Waals surface area contributed by atoms with E-state index >= 15 is 0 Å². The van der Waals surface area contributed by atoms with Crippen molar-refractivity contribution in [2.45, 2.75) is 0 Å². The van der Waals surface area contributed by atoms with Crippen molar-refractivity contribution in [2.24, 2.45) is 0 Å². The van der Waals surface area contributed by atoms with Crippen molar-refractivity contribution in [3.8, 4) is 11.5 Å². The molecule has 0 fully saturated rings. The van der Waals surface area contributed by atoms with Crippen molar-refractivity contribution in [1.29, 1.82) is 0 Å². The molecule has 0 heterocycles. The second kappa shape index (κ2) is 6.26. The van der Waals surface area contributed by atoms with E-state index in [0.29, 0.717) is 11.5 Å². The molecule has 0 aliphatic rings. The first-order valence-electron chi connectivity index (χ1n) is 5.91. The lowest BCUT2D eigenvalue weighted by atomic mass is 10.3. The Kier molecular flexibility index (Phi) is 4.43. The maximum absolute atomic E-state index is 12.6. The van der Waals surface area contributed by atoms with Crippen LogP contribution < -0.4 is 9.05 Å². The molecule has 2 rings (SSSR count). The summed E-state index contributed by atoms with van der Waals surface area (Å²) in [6, 6.07) is 18.0. The van der Waals surface area contributed by atoms with Crippen molar-refractivity contribution < 1.29 is 13.6 Å². The van der Waals surface area contributed by atoms with Crippen LogP contribution in [0.1, 0.15) is 0 Å². The molecule has 0 bridgehead atoms. The van der Waals surface area contributed by atoms with Gasteiger partial charge in [-0.25, -0.2) is 4.57 Å². The van der Waals surface area contributed by atoms with Gasteiger partial charge in [-0.2, -0.15) is 0 Å². The monoisotopic (exact) mass is 274 g/mol. The molecule has 0 N–H and O–H groups in total. The number of rotatable bonds is 6. The average molecular weight is 274 g/mol. The molecule has 0 spiro atoms. The van der Waals surface area contributed by atoms with Gasteiger partial charge < -0.3 is 9.05 Å². The van der Waals surface area contributed by atoms with Gasteiger partial charge in [0.25, 0.3) is 0 Å². The number of benzene rings is 2. The van der Waals surface area contributed by atoms with E-state index in [2.05, 4.69) is 6.58 Å². The van der Waals surface area contributed by atoms with Crippen LogP contribution in [0.4, 0.5) is 0 Å². The van der Waals surface area contributed by atoms with Crippen molar-refractivity contribution in [3.63, 3.8) is 0 Å². The van der Waals surface area contributed by atoms with Crippen LogP contribution in [0.5, 0.6) is 11.5 Å². The van der Waals surface area contributed by atoms with Gasteiger partial charge in [-0.05, 0) is 24.3 Å². The fraction of sp³-hybridized carbons (Fsp3) is 0.0667. The SMILES string of the molecule is C=CCP(=O)(Oc1ccccc1)Oc1ccccc1. The Balaban J connectivity index is 2.18. The molecule has 0 amide bonds. The molecular formula is C15H15O3P. The maximum atomic E-state index is 12.6. The second-order valence-electron chi connectivity index (χ2n) is 3.89. The molecule has 0 unspecified atom stereocenters. The normalized spacial score (nSPS) is 10.7. The van der Waals surface area contributed by atoms with Crippen LogP contribution in [-0.2, 0) is 4.57 Å². The van der Waals surface area contributed by atoms with Gasteiger partial charge >= 0.3 is 7.60 Å². The summed E-state index contributed by atoms with van der Waals surface area (Å²) in [4.78, 5) is 0. The predicted octanol–water partition coefficient (Wildman–Crippen LogP) is 4.52. The smallest absolute Gasteiger partial charge is 0.416 e. The molecule has 98 valence electrons. The van der Waals surface area contributed by atoms with Gasteiger partial charge in [0, 0.05) is 0 Å². The summed E-state index contributed by atoms with van der Waals surface area (Å²) in [5.41, 5.74) is 0. The van der Waals surface area contributed by atoms with Crippen LogP contribution in [0.2, 0.25) is 0 Å². The summed E-state index contributed by atoms with van der Waals surface area (Å²) in [7, 11) is -3.28. The topological polar surface area (TPSA) is 35.5 Å². The van der Waals surface area contributed by atoms with Gasteiger partial charge in [-0.1, -0.05) is 42.5 Å². The highest BCUT2D eigenvalue weighted by molar-refractivity contribution is 7.54. The number of hydrogen-bond acceptors (Lipinski definition) is 3. The zero-order valence-electron chi connectivity index (χ0n) is 10.4. The molecular weight excluding hydrogens is 259 g/mol. The van der Waals surface area contributed by atoms with Gasteiger partial charge in [0.2, 0.25) is 0 Å². The molecule has 0 atom stereocenters. The first-order valence-corrected chi connectivity index (χ1v) is 7.64. The lowest BCUT2D eigenvalue weighted by Gasteiger charge is -2.18. The van der Waals surface area contributed by atoms with Gasteiger partial charge in [0.15, 0.2) is 0 Å². The van der Waals surface area contributed by atoms with Crippen molar-refractivity contribution in [2.75, 3.05) is 6.16 Å². The molecule has 0 saturated heterocycles. The third-order valence-electron chi connectivity index (χ3n) is 2.33. The second-order valence-corrected chi connectivity index (χ2v) is 5.84. The summed E-state index contributed by atoms with van der Waals surface area (Å²) < 4.78 is 23.7. The summed E-state index contributed by atoms with van der Waals surface area (Å²) in [5.74, 6) is 1.03. The highest BCUT2D eigenvalue weighted by atomic mass is 31.2.